The second kappa shape index (κ2) is 10.6. The van der Waals surface area contributed by atoms with Crippen molar-refractivity contribution < 1.29 is 5.11 Å². The third-order valence-corrected chi connectivity index (χ3v) is 4.02. The molecule has 4 nitrogen and oxygen atoms in total. The van der Waals surface area contributed by atoms with E-state index in [9.17, 15) is 5.11 Å². The van der Waals surface area contributed by atoms with E-state index in [0.717, 1.165) is 48.6 Å². The van der Waals surface area contributed by atoms with E-state index in [1.54, 1.807) is 12.1 Å². The molecule has 25 heavy (non-hydrogen) atoms. The summed E-state index contributed by atoms with van der Waals surface area (Å²) in [4.78, 5) is 0. The van der Waals surface area contributed by atoms with Gasteiger partial charge in [-0.2, -0.15) is 5.10 Å². The van der Waals surface area contributed by atoms with Crippen LogP contribution >= 0.6 is 11.6 Å². The van der Waals surface area contributed by atoms with Gasteiger partial charge in [0.1, 0.15) is 11.6 Å². The first-order valence-electron chi connectivity index (χ1n) is 8.73. The Labute approximate surface area is 154 Å². The Morgan fingerprint density at radius 1 is 1.12 bits per heavy atom. The highest BCUT2D eigenvalue weighted by Crippen LogP contribution is 2.12. The van der Waals surface area contributed by atoms with Crippen molar-refractivity contribution in [3.05, 3.63) is 64.7 Å². The molecule has 0 spiro atoms. The monoisotopic (exact) mass is 359 g/mol. The first-order valence-corrected chi connectivity index (χ1v) is 9.11. The molecular weight excluding hydrogens is 334 g/mol. The van der Waals surface area contributed by atoms with E-state index in [2.05, 4.69) is 22.8 Å². The lowest BCUT2D eigenvalue weighted by Crippen LogP contribution is -2.27. The predicted octanol–water partition coefficient (Wildman–Crippen LogP) is 4.47. The lowest BCUT2D eigenvalue weighted by molar-refractivity contribution is 0.475. The van der Waals surface area contributed by atoms with Crippen molar-refractivity contribution in [2.45, 2.75) is 39.2 Å². The molecule has 2 aromatic carbocycles. The first-order chi connectivity index (χ1) is 12.2. The van der Waals surface area contributed by atoms with Crippen molar-refractivity contribution in [3.63, 3.8) is 0 Å². The van der Waals surface area contributed by atoms with Gasteiger partial charge in [-0.05, 0) is 54.7 Å². The summed E-state index contributed by atoms with van der Waals surface area (Å²) in [6, 6.07) is 15.2. The van der Waals surface area contributed by atoms with Crippen LogP contribution in [0.4, 0.5) is 0 Å². The molecule has 0 aliphatic rings. The summed E-state index contributed by atoms with van der Waals surface area (Å²) >= 11 is 6.00. The van der Waals surface area contributed by atoms with Gasteiger partial charge in [0.2, 0.25) is 0 Å². The quantitative estimate of drug-likeness (QED) is 0.351. The standard InChI is InChI=1S/C20H26ClN3O/c1-2-13-22-20(8-4-5-16-9-11-19(25)12-10-16)24-23-15-17-6-3-7-18(21)14-17/h3,6-7,9-12,14,23,25H,2,4-5,8,13,15H2,1H3,(H,22,24). The fraction of sp³-hybridized carbons (Fsp3) is 0.350. The SMILES string of the molecule is CCCN/C(CCCc1ccc(O)cc1)=N\NCc1cccc(Cl)c1. The summed E-state index contributed by atoms with van der Waals surface area (Å²) in [6.45, 7) is 3.70. The number of rotatable bonds is 9. The van der Waals surface area contributed by atoms with Crippen LogP contribution < -0.4 is 10.7 Å². The van der Waals surface area contributed by atoms with Crippen LogP contribution in [0.15, 0.2) is 53.6 Å². The molecule has 0 heterocycles. The minimum Gasteiger partial charge on any atom is -0.508 e. The van der Waals surface area contributed by atoms with Gasteiger partial charge in [0, 0.05) is 18.0 Å². The highest BCUT2D eigenvalue weighted by Gasteiger charge is 2.01. The Bertz CT molecular complexity index is 671. The van der Waals surface area contributed by atoms with Crippen molar-refractivity contribution in [3.8, 4) is 5.75 Å². The van der Waals surface area contributed by atoms with E-state index >= 15 is 0 Å². The molecule has 2 rings (SSSR count). The molecule has 2 aromatic rings. The molecule has 0 fully saturated rings. The molecular formula is C20H26ClN3O. The number of hydrazone groups is 1. The molecule has 0 saturated carbocycles. The Balaban J connectivity index is 1.82. The summed E-state index contributed by atoms with van der Waals surface area (Å²) < 4.78 is 0. The van der Waals surface area contributed by atoms with Crippen molar-refractivity contribution in [1.82, 2.24) is 10.7 Å². The van der Waals surface area contributed by atoms with Gasteiger partial charge >= 0.3 is 0 Å². The summed E-state index contributed by atoms with van der Waals surface area (Å²) in [5, 5.41) is 18.0. The summed E-state index contributed by atoms with van der Waals surface area (Å²) in [5.41, 5.74) is 5.46. The molecule has 0 unspecified atom stereocenters. The second-order valence-electron chi connectivity index (χ2n) is 5.97. The van der Waals surface area contributed by atoms with Crippen LogP contribution in [0.25, 0.3) is 0 Å². The third kappa shape index (κ3) is 7.48. The van der Waals surface area contributed by atoms with Gasteiger partial charge in [0.25, 0.3) is 0 Å². The Kier molecular flexibility index (Phi) is 8.13. The summed E-state index contributed by atoms with van der Waals surface area (Å²) in [6.07, 6.45) is 3.90. The van der Waals surface area contributed by atoms with E-state index in [0.29, 0.717) is 12.3 Å². The van der Waals surface area contributed by atoms with Crippen molar-refractivity contribution >= 4 is 17.4 Å². The zero-order chi connectivity index (χ0) is 17.9. The van der Waals surface area contributed by atoms with E-state index in [-0.39, 0.29) is 0 Å². The molecule has 0 atom stereocenters. The predicted molar refractivity (Wildman–Crippen MR) is 105 cm³/mol. The molecule has 0 radical (unpaired) electrons. The van der Waals surface area contributed by atoms with Gasteiger partial charge < -0.3 is 15.8 Å². The normalized spacial score (nSPS) is 11.4. The molecule has 134 valence electrons. The lowest BCUT2D eigenvalue weighted by Gasteiger charge is -2.10. The molecule has 0 aliphatic carbocycles. The average Bonchev–Trinajstić information content (AvgIpc) is 2.61. The maximum absolute atomic E-state index is 9.33. The number of nitrogens with one attached hydrogen (secondary N) is 2. The van der Waals surface area contributed by atoms with Crippen LogP contribution in [0.1, 0.15) is 37.3 Å². The average molecular weight is 360 g/mol. The van der Waals surface area contributed by atoms with Crippen molar-refractivity contribution in [1.29, 1.82) is 0 Å². The number of amidine groups is 1. The van der Waals surface area contributed by atoms with Gasteiger partial charge in [-0.3, -0.25) is 0 Å². The largest absolute Gasteiger partial charge is 0.508 e. The van der Waals surface area contributed by atoms with Crippen LogP contribution in [0, 0.1) is 0 Å². The number of halogens is 1. The van der Waals surface area contributed by atoms with Gasteiger partial charge in [0.05, 0.1) is 6.54 Å². The third-order valence-electron chi connectivity index (χ3n) is 3.78. The van der Waals surface area contributed by atoms with Gasteiger partial charge in [-0.25, -0.2) is 0 Å². The first kappa shape index (κ1) is 19.1. The topological polar surface area (TPSA) is 56.6 Å². The molecule has 0 aliphatic heterocycles. The minimum atomic E-state index is 0.306. The van der Waals surface area contributed by atoms with Crippen molar-refractivity contribution in [2.75, 3.05) is 6.54 Å². The minimum absolute atomic E-state index is 0.306. The van der Waals surface area contributed by atoms with Crippen LogP contribution in [-0.4, -0.2) is 17.5 Å². The van der Waals surface area contributed by atoms with Gasteiger partial charge in [-0.1, -0.05) is 42.8 Å². The van der Waals surface area contributed by atoms with Crippen molar-refractivity contribution in [2.24, 2.45) is 5.10 Å². The molecule has 0 amide bonds. The number of benzene rings is 2. The molecule has 0 aromatic heterocycles. The van der Waals surface area contributed by atoms with Gasteiger partial charge in [-0.15, -0.1) is 0 Å². The molecule has 0 saturated heterocycles. The highest BCUT2D eigenvalue weighted by atomic mass is 35.5. The fourth-order valence-corrected chi connectivity index (χ4v) is 2.66. The molecule has 5 heteroatoms. The molecule has 3 N–H and O–H groups in total. The zero-order valence-corrected chi connectivity index (χ0v) is 15.4. The number of aryl methyl sites for hydroxylation is 1. The molecule has 0 bridgehead atoms. The zero-order valence-electron chi connectivity index (χ0n) is 14.6. The number of hydrogen-bond donors (Lipinski definition) is 3. The fourth-order valence-electron chi connectivity index (χ4n) is 2.45. The van der Waals surface area contributed by atoms with Crippen LogP contribution in [0.2, 0.25) is 5.02 Å². The Hall–Kier alpha value is -2.20. The van der Waals surface area contributed by atoms with Crippen LogP contribution in [-0.2, 0) is 13.0 Å². The summed E-state index contributed by atoms with van der Waals surface area (Å²) in [5.74, 6) is 1.28. The highest BCUT2D eigenvalue weighted by molar-refractivity contribution is 6.30. The van der Waals surface area contributed by atoms with E-state index in [1.807, 2.05) is 36.4 Å². The maximum atomic E-state index is 9.33. The number of phenolic OH excluding ortho intramolecular Hbond substituents is 1. The number of phenols is 1. The Morgan fingerprint density at radius 3 is 2.64 bits per heavy atom. The number of nitrogens with zero attached hydrogens (tertiary/aromatic N) is 1. The second-order valence-corrected chi connectivity index (χ2v) is 6.41. The number of aromatic hydroxyl groups is 1. The Morgan fingerprint density at radius 2 is 1.92 bits per heavy atom. The summed E-state index contributed by atoms with van der Waals surface area (Å²) in [7, 11) is 0. The van der Waals surface area contributed by atoms with Gasteiger partial charge in [0.15, 0.2) is 0 Å². The maximum Gasteiger partial charge on any atom is 0.122 e. The van der Waals surface area contributed by atoms with Crippen LogP contribution in [0.5, 0.6) is 5.75 Å². The number of hydrogen-bond acceptors (Lipinski definition) is 3. The smallest absolute Gasteiger partial charge is 0.122 e. The van der Waals surface area contributed by atoms with E-state index in [4.69, 9.17) is 11.6 Å². The van der Waals surface area contributed by atoms with E-state index in [1.165, 1.54) is 5.56 Å². The lowest BCUT2D eigenvalue weighted by atomic mass is 10.1. The van der Waals surface area contributed by atoms with Crippen LogP contribution in [0.3, 0.4) is 0 Å². The van der Waals surface area contributed by atoms with E-state index < -0.39 is 0 Å².